The largest absolute Gasteiger partial charge is 0.394 e. The van der Waals surface area contributed by atoms with Crippen molar-refractivity contribution in [3.8, 4) is 0 Å². The Kier molecular flexibility index (Phi) is 3.87. The Morgan fingerprint density at radius 2 is 1.55 bits per heavy atom. The molecule has 1 fully saturated rings. The molecule has 0 aliphatic carbocycles. The van der Waals surface area contributed by atoms with E-state index in [0.717, 1.165) is 11.1 Å². The van der Waals surface area contributed by atoms with E-state index in [9.17, 15) is 10.3 Å². The summed E-state index contributed by atoms with van der Waals surface area (Å²) in [4.78, 5) is 0. The minimum atomic E-state index is -0.919. The zero-order chi connectivity index (χ0) is 15.6. The fourth-order valence-corrected chi connectivity index (χ4v) is 3.85. The molecule has 0 saturated carbocycles. The summed E-state index contributed by atoms with van der Waals surface area (Å²) in [6, 6.07) is 19.7. The van der Waals surface area contributed by atoms with Crippen molar-refractivity contribution in [2.24, 2.45) is 0 Å². The highest BCUT2D eigenvalue weighted by atomic mass is 16.5. The third-order valence-electron chi connectivity index (χ3n) is 5.01. The number of aliphatic hydroxyl groups is 1. The lowest BCUT2D eigenvalue weighted by Crippen LogP contribution is -2.54. The molecule has 22 heavy (non-hydrogen) atoms. The van der Waals surface area contributed by atoms with Gasteiger partial charge in [-0.25, -0.2) is 0 Å². The quantitative estimate of drug-likeness (QED) is 0.852. The van der Waals surface area contributed by atoms with Gasteiger partial charge in [-0.15, -0.1) is 6.58 Å². The number of hydrogen-bond donors (Lipinski definition) is 2. The third-order valence-corrected chi connectivity index (χ3v) is 5.01. The maximum atomic E-state index is 10.6. The van der Waals surface area contributed by atoms with E-state index in [1.807, 2.05) is 66.7 Å². The topological polar surface area (TPSA) is 43.7 Å². The van der Waals surface area contributed by atoms with Gasteiger partial charge in [0.2, 0.25) is 0 Å². The smallest absolute Gasteiger partial charge is 0.107 e. The van der Waals surface area contributed by atoms with E-state index in [-0.39, 0.29) is 6.61 Å². The summed E-state index contributed by atoms with van der Waals surface area (Å²) >= 11 is 0. The lowest BCUT2D eigenvalue weighted by Gasteiger charge is -2.46. The normalized spacial score (nSPS) is 28.6. The van der Waals surface area contributed by atoms with Crippen molar-refractivity contribution in [2.75, 3.05) is 13.2 Å². The number of benzene rings is 2. The van der Waals surface area contributed by atoms with Gasteiger partial charge in [0, 0.05) is 12.0 Å². The second-order valence-corrected chi connectivity index (χ2v) is 5.80. The molecule has 0 aromatic heterocycles. The standard InChI is InChI=1S/C19H21NO2/c1-2-18(16-9-5-3-6-10-16)13-14-20(22)19(18,15-21)17-11-7-4-8-12-17/h2-12,21-22H,1,13-15H2/t18?,19-/m0/s1. The molecule has 2 aromatic carbocycles. The summed E-state index contributed by atoms with van der Waals surface area (Å²) in [6.45, 7) is 4.34. The van der Waals surface area contributed by atoms with Crippen molar-refractivity contribution in [1.29, 1.82) is 0 Å². The van der Waals surface area contributed by atoms with E-state index >= 15 is 0 Å². The van der Waals surface area contributed by atoms with Crippen LogP contribution < -0.4 is 0 Å². The van der Waals surface area contributed by atoms with Crippen LogP contribution >= 0.6 is 0 Å². The molecule has 3 rings (SSSR count). The number of aliphatic hydroxyl groups excluding tert-OH is 1. The number of hydroxylamine groups is 2. The first kappa shape index (κ1) is 15.0. The highest BCUT2D eigenvalue weighted by molar-refractivity contribution is 5.44. The van der Waals surface area contributed by atoms with E-state index in [1.165, 1.54) is 5.06 Å². The Morgan fingerprint density at radius 3 is 2.05 bits per heavy atom. The van der Waals surface area contributed by atoms with E-state index in [0.29, 0.717) is 13.0 Å². The molecule has 114 valence electrons. The second-order valence-electron chi connectivity index (χ2n) is 5.80. The minimum Gasteiger partial charge on any atom is -0.394 e. The summed E-state index contributed by atoms with van der Waals surface area (Å²) in [5.74, 6) is 0. The van der Waals surface area contributed by atoms with Crippen molar-refractivity contribution in [3.63, 3.8) is 0 Å². The van der Waals surface area contributed by atoms with Crippen molar-refractivity contribution < 1.29 is 10.3 Å². The first-order chi connectivity index (χ1) is 10.7. The van der Waals surface area contributed by atoms with E-state index in [2.05, 4.69) is 6.58 Å². The average Bonchev–Trinajstić information content (AvgIpc) is 2.90. The van der Waals surface area contributed by atoms with Gasteiger partial charge in [0.05, 0.1) is 6.61 Å². The van der Waals surface area contributed by atoms with Crippen LogP contribution in [0.15, 0.2) is 73.3 Å². The maximum absolute atomic E-state index is 10.6. The summed E-state index contributed by atoms with van der Waals surface area (Å²) < 4.78 is 0. The Morgan fingerprint density at radius 1 is 1.00 bits per heavy atom. The van der Waals surface area contributed by atoms with E-state index in [1.54, 1.807) is 0 Å². The SMILES string of the molecule is C=CC1(c2ccccc2)CCN(O)[C@@]1(CO)c1ccccc1. The molecule has 0 amide bonds. The van der Waals surface area contributed by atoms with Gasteiger partial charge in [0.25, 0.3) is 0 Å². The lowest BCUT2D eigenvalue weighted by molar-refractivity contribution is -0.178. The molecule has 3 heteroatoms. The van der Waals surface area contributed by atoms with Gasteiger partial charge in [-0.3, -0.25) is 0 Å². The number of nitrogens with zero attached hydrogens (tertiary/aromatic N) is 1. The van der Waals surface area contributed by atoms with Crippen LogP contribution in [0.4, 0.5) is 0 Å². The number of hydrogen-bond acceptors (Lipinski definition) is 3. The molecule has 0 bridgehead atoms. The molecule has 2 N–H and O–H groups in total. The van der Waals surface area contributed by atoms with Crippen LogP contribution in [-0.2, 0) is 11.0 Å². The van der Waals surface area contributed by atoms with Gasteiger partial charge in [-0.1, -0.05) is 66.7 Å². The fourth-order valence-electron chi connectivity index (χ4n) is 3.85. The molecular weight excluding hydrogens is 274 g/mol. The van der Waals surface area contributed by atoms with Gasteiger partial charge < -0.3 is 10.3 Å². The van der Waals surface area contributed by atoms with E-state index in [4.69, 9.17) is 0 Å². The molecule has 1 heterocycles. The average molecular weight is 295 g/mol. The maximum Gasteiger partial charge on any atom is 0.107 e. The molecule has 1 saturated heterocycles. The molecule has 1 unspecified atom stereocenters. The van der Waals surface area contributed by atoms with Crippen LogP contribution in [0, 0.1) is 0 Å². The fraction of sp³-hybridized carbons (Fsp3) is 0.263. The molecule has 2 aromatic rings. The van der Waals surface area contributed by atoms with Crippen molar-refractivity contribution in [2.45, 2.75) is 17.4 Å². The van der Waals surface area contributed by atoms with E-state index < -0.39 is 11.0 Å². The Balaban J connectivity index is 2.27. The third kappa shape index (κ3) is 1.87. The van der Waals surface area contributed by atoms with Crippen molar-refractivity contribution in [3.05, 3.63) is 84.4 Å². The van der Waals surface area contributed by atoms with Gasteiger partial charge in [-0.05, 0) is 17.5 Å². The Bertz CT molecular complexity index is 643. The van der Waals surface area contributed by atoms with Gasteiger partial charge >= 0.3 is 0 Å². The van der Waals surface area contributed by atoms with Crippen LogP contribution in [0.1, 0.15) is 17.5 Å². The summed E-state index contributed by atoms with van der Waals surface area (Å²) in [7, 11) is 0. The number of rotatable bonds is 4. The molecule has 1 aliphatic heterocycles. The second kappa shape index (κ2) is 5.69. The first-order valence-electron chi connectivity index (χ1n) is 7.53. The molecule has 0 radical (unpaired) electrons. The van der Waals surface area contributed by atoms with Crippen LogP contribution in [0.5, 0.6) is 0 Å². The molecule has 3 nitrogen and oxygen atoms in total. The summed E-state index contributed by atoms with van der Waals surface area (Å²) in [6.07, 6.45) is 2.58. The van der Waals surface area contributed by atoms with Crippen LogP contribution in [0.2, 0.25) is 0 Å². The highest BCUT2D eigenvalue weighted by Crippen LogP contribution is 2.53. The van der Waals surface area contributed by atoms with Crippen LogP contribution in [0.3, 0.4) is 0 Å². The monoisotopic (exact) mass is 295 g/mol. The van der Waals surface area contributed by atoms with Crippen LogP contribution in [-0.4, -0.2) is 28.5 Å². The molecular formula is C19H21NO2. The summed E-state index contributed by atoms with van der Waals surface area (Å²) in [5.41, 5.74) is 0.483. The lowest BCUT2D eigenvalue weighted by atomic mass is 9.63. The minimum absolute atomic E-state index is 0.186. The van der Waals surface area contributed by atoms with Gasteiger partial charge in [0.15, 0.2) is 0 Å². The predicted molar refractivity (Wildman–Crippen MR) is 86.6 cm³/mol. The molecule has 0 spiro atoms. The van der Waals surface area contributed by atoms with Gasteiger partial charge in [0.1, 0.15) is 5.54 Å². The van der Waals surface area contributed by atoms with Crippen molar-refractivity contribution in [1.82, 2.24) is 5.06 Å². The van der Waals surface area contributed by atoms with Gasteiger partial charge in [-0.2, -0.15) is 5.06 Å². The summed E-state index contributed by atoms with van der Waals surface area (Å²) in [5, 5.41) is 22.2. The zero-order valence-electron chi connectivity index (χ0n) is 12.5. The predicted octanol–water partition coefficient (Wildman–Crippen LogP) is 3.09. The molecule has 2 atom stereocenters. The molecule has 1 aliphatic rings. The van der Waals surface area contributed by atoms with Crippen LogP contribution in [0.25, 0.3) is 0 Å². The Hall–Kier alpha value is -1.94. The first-order valence-corrected chi connectivity index (χ1v) is 7.53. The highest BCUT2D eigenvalue weighted by Gasteiger charge is 2.59. The van der Waals surface area contributed by atoms with Crippen molar-refractivity contribution >= 4 is 0 Å². The Labute approximate surface area is 131 Å². The zero-order valence-corrected chi connectivity index (χ0v) is 12.5.